The van der Waals surface area contributed by atoms with E-state index in [9.17, 15) is 9.90 Å². The van der Waals surface area contributed by atoms with Gasteiger partial charge in [0.25, 0.3) is 5.91 Å². The summed E-state index contributed by atoms with van der Waals surface area (Å²) in [5, 5.41) is 13.5. The molecule has 116 valence electrons. The molecule has 0 spiro atoms. The molecule has 2 atom stereocenters. The van der Waals surface area contributed by atoms with Crippen LogP contribution in [0.3, 0.4) is 0 Å². The van der Waals surface area contributed by atoms with Gasteiger partial charge in [-0.25, -0.2) is 4.98 Å². The third-order valence-electron chi connectivity index (χ3n) is 4.37. The van der Waals surface area contributed by atoms with Crippen molar-refractivity contribution in [1.29, 1.82) is 0 Å². The normalized spacial score (nSPS) is 25.5. The zero-order valence-electron chi connectivity index (χ0n) is 12.0. The van der Waals surface area contributed by atoms with Gasteiger partial charge < -0.3 is 21.1 Å². The molecule has 1 saturated heterocycles. The smallest absolute Gasteiger partial charge is 0.265 e. The average Bonchev–Trinajstić information content (AvgIpc) is 3.16. The van der Waals surface area contributed by atoms with Gasteiger partial charge in [0, 0.05) is 25.6 Å². The van der Waals surface area contributed by atoms with Crippen LogP contribution < -0.4 is 16.0 Å². The maximum absolute atomic E-state index is 12.2. The molecular formula is C14H22N4O2S. The fourth-order valence-corrected chi connectivity index (χ4v) is 4.04. The zero-order valence-corrected chi connectivity index (χ0v) is 12.9. The van der Waals surface area contributed by atoms with Crippen LogP contribution in [0.4, 0.5) is 10.9 Å². The van der Waals surface area contributed by atoms with Crippen LogP contribution in [0, 0.1) is 5.92 Å². The highest BCUT2D eigenvalue weighted by molar-refractivity contribution is 7.18. The van der Waals surface area contributed by atoms with Crippen molar-refractivity contribution in [2.75, 3.05) is 30.3 Å². The standard InChI is InChI=1S/C14H22N4O2S/c15-12-11(21-14(17-12)18-6-1-2-7-18)13(20)16-8-9-4-3-5-10(9)19/h9-10,19H,1-8,15H2,(H,16,20). The van der Waals surface area contributed by atoms with Gasteiger partial charge in [-0.2, -0.15) is 0 Å². The summed E-state index contributed by atoms with van der Waals surface area (Å²) in [5.74, 6) is 0.307. The summed E-state index contributed by atoms with van der Waals surface area (Å²) in [5.41, 5.74) is 5.88. The van der Waals surface area contributed by atoms with E-state index in [4.69, 9.17) is 5.73 Å². The van der Waals surface area contributed by atoms with E-state index in [0.717, 1.165) is 37.5 Å². The summed E-state index contributed by atoms with van der Waals surface area (Å²) in [6.45, 7) is 2.49. The highest BCUT2D eigenvalue weighted by Crippen LogP contribution is 2.30. The van der Waals surface area contributed by atoms with Crippen molar-refractivity contribution in [2.24, 2.45) is 5.92 Å². The Kier molecular flexibility index (Phi) is 4.30. The molecule has 0 aromatic carbocycles. The molecule has 0 bridgehead atoms. The number of carbonyl (C=O) groups is 1. The number of carbonyl (C=O) groups excluding carboxylic acids is 1. The number of aromatic nitrogens is 1. The number of aliphatic hydroxyl groups excluding tert-OH is 1. The summed E-state index contributed by atoms with van der Waals surface area (Å²) < 4.78 is 0. The van der Waals surface area contributed by atoms with E-state index in [1.54, 1.807) is 0 Å². The summed E-state index contributed by atoms with van der Waals surface area (Å²) in [4.78, 5) is 19.2. The monoisotopic (exact) mass is 310 g/mol. The third kappa shape index (κ3) is 3.13. The molecule has 21 heavy (non-hydrogen) atoms. The molecule has 3 rings (SSSR count). The van der Waals surface area contributed by atoms with Crippen LogP contribution in [-0.4, -0.2) is 41.7 Å². The van der Waals surface area contributed by atoms with Crippen molar-refractivity contribution in [3.8, 4) is 0 Å². The number of thiazole rings is 1. The van der Waals surface area contributed by atoms with Crippen LogP contribution in [0.25, 0.3) is 0 Å². The topological polar surface area (TPSA) is 91.5 Å². The Morgan fingerprint density at radius 1 is 1.38 bits per heavy atom. The van der Waals surface area contributed by atoms with Crippen LogP contribution in [0.2, 0.25) is 0 Å². The lowest BCUT2D eigenvalue weighted by Crippen LogP contribution is -2.32. The van der Waals surface area contributed by atoms with Gasteiger partial charge in [-0.3, -0.25) is 4.79 Å². The number of nitrogens with zero attached hydrogens (tertiary/aromatic N) is 2. The van der Waals surface area contributed by atoms with Gasteiger partial charge in [0.15, 0.2) is 5.13 Å². The van der Waals surface area contributed by atoms with E-state index < -0.39 is 0 Å². The first-order chi connectivity index (χ1) is 10.1. The van der Waals surface area contributed by atoms with Gasteiger partial charge in [-0.05, 0) is 25.7 Å². The van der Waals surface area contributed by atoms with E-state index in [1.165, 1.54) is 24.2 Å². The maximum Gasteiger partial charge on any atom is 0.265 e. The molecular weight excluding hydrogens is 288 g/mol. The minimum absolute atomic E-state index is 0.168. The second-order valence-electron chi connectivity index (χ2n) is 5.87. The first-order valence-electron chi connectivity index (χ1n) is 7.62. The number of nitrogens with two attached hydrogens (primary N) is 1. The Hall–Kier alpha value is -1.34. The summed E-state index contributed by atoms with van der Waals surface area (Å²) in [7, 11) is 0. The second kappa shape index (κ2) is 6.19. The Morgan fingerprint density at radius 3 is 2.81 bits per heavy atom. The fourth-order valence-electron chi connectivity index (χ4n) is 3.09. The van der Waals surface area contributed by atoms with Gasteiger partial charge in [-0.1, -0.05) is 17.8 Å². The Bertz CT molecular complexity index is 513. The lowest BCUT2D eigenvalue weighted by Gasteiger charge is -2.14. The van der Waals surface area contributed by atoms with E-state index in [-0.39, 0.29) is 17.9 Å². The minimum atomic E-state index is -0.288. The number of anilines is 2. The van der Waals surface area contributed by atoms with Gasteiger partial charge in [0.2, 0.25) is 0 Å². The molecule has 2 heterocycles. The number of hydrogen-bond donors (Lipinski definition) is 3. The van der Waals surface area contributed by atoms with Crippen LogP contribution in [0.5, 0.6) is 0 Å². The number of nitrogens with one attached hydrogen (secondary N) is 1. The Morgan fingerprint density at radius 2 is 2.14 bits per heavy atom. The van der Waals surface area contributed by atoms with E-state index in [2.05, 4.69) is 15.2 Å². The predicted molar refractivity (Wildman–Crippen MR) is 83.7 cm³/mol. The van der Waals surface area contributed by atoms with Crippen molar-refractivity contribution in [1.82, 2.24) is 10.3 Å². The zero-order chi connectivity index (χ0) is 14.8. The highest BCUT2D eigenvalue weighted by atomic mass is 32.1. The van der Waals surface area contributed by atoms with Crippen molar-refractivity contribution in [2.45, 2.75) is 38.2 Å². The molecule has 4 N–H and O–H groups in total. The second-order valence-corrected chi connectivity index (χ2v) is 6.85. The van der Waals surface area contributed by atoms with E-state index in [1.807, 2.05) is 0 Å². The van der Waals surface area contributed by atoms with Crippen LogP contribution in [-0.2, 0) is 0 Å². The van der Waals surface area contributed by atoms with Gasteiger partial charge >= 0.3 is 0 Å². The third-order valence-corrected chi connectivity index (χ3v) is 5.50. The van der Waals surface area contributed by atoms with Crippen molar-refractivity contribution in [3.63, 3.8) is 0 Å². The van der Waals surface area contributed by atoms with Crippen LogP contribution in [0.1, 0.15) is 41.8 Å². The SMILES string of the molecule is Nc1nc(N2CCCC2)sc1C(=O)NCC1CCCC1O. The Labute approximate surface area is 128 Å². The maximum atomic E-state index is 12.2. The number of amides is 1. The summed E-state index contributed by atoms with van der Waals surface area (Å²) >= 11 is 1.36. The van der Waals surface area contributed by atoms with Crippen molar-refractivity contribution >= 4 is 28.2 Å². The number of hydrogen-bond acceptors (Lipinski definition) is 6. The number of nitrogen functional groups attached to an aromatic ring is 1. The molecule has 1 aromatic rings. The highest BCUT2D eigenvalue weighted by Gasteiger charge is 2.27. The van der Waals surface area contributed by atoms with Gasteiger partial charge in [0.1, 0.15) is 10.7 Å². The molecule has 7 heteroatoms. The first kappa shape index (κ1) is 14.6. The van der Waals surface area contributed by atoms with E-state index in [0.29, 0.717) is 17.2 Å². The lowest BCUT2D eigenvalue weighted by molar-refractivity contribution is 0.0921. The molecule has 2 unspecified atom stereocenters. The molecule has 6 nitrogen and oxygen atoms in total. The lowest BCUT2D eigenvalue weighted by atomic mass is 10.1. The van der Waals surface area contributed by atoms with Gasteiger partial charge in [-0.15, -0.1) is 0 Å². The molecule has 1 aliphatic heterocycles. The van der Waals surface area contributed by atoms with Crippen molar-refractivity contribution in [3.05, 3.63) is 4.88 Å². The molecule has 2 fully saturated rings. The van der Waals surface area contributed by atoms with Crippen LogP contribution >= 0.6 is 11.3 Å². The van der Waals surface area contributed by atoms with E-state index >= 15 is 0 Å². The van der Waals surface area contributed by atoms with Crippen LogP contribution in [0.15, 0.2) is 0 Å². The largest absolute Gasteiger partial charge is 0.393 e. The molecule has 0 radical (unpaired) electrons. The molecule has 1 aliphatic carbocycles. The number of aliphatic hydroxyl groups is 1. The summed E-state index contributed by atoms with van der Waals surface area (Å²) in [6, 6.07) is 0. The average molecular weight is 310 g/mol. The molecule has 1 saturated carbocycles. The fraction of sp³-hybridized carbons (Fsp3) is 0.714. The van der Waals surface area contributed by atoms with Gasteiger partial charge in [0.05, 0.1) is 6.10 Å². The molecule has 1 aromatic heterocycles. The molecule has 2 aliphatic rings. The minimum Gasteiger partial charge on any atom is -0.393 e. The van der Waals surface area contributed by atoms with Crippen molar-refractivity contribution < 1.29 is 9.90 Å². The number of rotatable bonds is 4. The molecule has 1 amide bonds. The first-order valence-corrected chi connectivity index (χ1v) is 8.44. The predicted octanol–water partition coefficient (Wildman–Crippen LogP) is 1.22. The Balaban J connectivity index is 1.61. The summed E-state index contributed by atoms with van der Waals surface area (Å²) in [6.07, 6.45) is 4.88. The quantitative estimate of drug-likeness (QED) is 0.777.